The first-order valence-corrected chi connectivity index (χ1v) is 8.34. The second kappa shape index (κ2) is 6.93. The number of benzene rings is 1. The summed E-state index contributed by atoms with van der Waals surface area (Å²) in [6, 6.07) is 2.60. The van der Waals surface area contributed by atoms with E-state index in [1.165, 1.54) is 17.5 Å². The van der Waals surface area contributed by atoms with Crippen LogP contribution in [0.3, 0.4) is 0 Å². The summed E-state index contributed by atoms with van der Waals surface area (Å²) in [5.74, 6) is 0.151. The molecule has 22 heavy (non-hydrogen) atoms. The number of nitrogens with zero attached hydrogens (tertiary/aromatic N) is 1. The Morgan fingerprint density at radius 2 is 2.05 bits per heavy atom. The lowest BCUT2D eigenvalue weighted by molar-refractivity contribution is 0.101. The SMILES string of the molecule is CC(=O)c1c(C)cc(C)c(CN2CCCC2CC(C)O)c1C. The number of carbonyl (C=O) groups excluding carboxylic acids is 1. The zero-order valence-corrected chi connectivity index (χ0v) is 14.6. The maximum atomic E-state index is 12.0. The van der Waals surface area contributed by atoms with E-state index in [4.69, 9.17) is 0 Å². The Morgan fingerprint density at radius 3 is 2.64 bits per heavy atom. The maximum Gasteiger partial charge on any atom is 0.160 e. The first-order valence-electron chi connectivity index (χ1n) is 8.34. The molecule has 1 aliphatic rings. The van der Waals surface area contributed by atoms with Gasteiger partial charge in [-0.3, -0.25) is 9.69 Å². The van der Waals surface area contributed by atoms with Crippen molar-refractivity contribution >= 4 is 5.78 Å². The molecule has 1 saturated heterocycles. The Kier molecular flexibility index (Phi) is 5.41. The van der Waals surface area contributed by atoms with Gasteiger partial charge in [0.15, 0.2) is 5.78 Å². The molecule has 1 N–H and O–H groups in total. The molecular formula is C19H29NO2. The third-order valence-electron chi connectivity index (χ3n) is 4.96. The molecule has 0 bridgehead atoms. The zero-order chi connectivity index (χ0) is 16.4. The Balaban J connectivity index is 2.29. The lowest BCUT2D eigenvalue weighted by atomic mass is 9.91. The lowest BCUT2D eigenvalue weighted by Gasteiger charge is -2.27. The number of Topliss-reactive ketones (excluding diaryl/α,β-unsaturated/α-hetero) is 1. The van der Waals surface area contributed by atoms with E-state index in [9.17, 15) is 9.90 Å². The fraction of sp³-hybridized carbons (Fsp3) is 0.632. The van der Waals surface area contributed by atoms with Crippen LogP contribution >= 0.6 is 0 Å². The smallest absolute Gasteiger partial charge is 0.160 e. The summed E-state index contributed by atoms with van der Waals surface area (Å²) in [5, 5.41) is 9.69. The zero-order valence-electron chi connectivity index (χ0n) is 14.6. The van der Waals surface area contributed by atoms with Crippen molar-refractivity contribution in [1.29, 1.82) is 0 Å². The van der Waals surface area contributed by atoms with Crippen molar-refractivity contribution in [2.75, 3.05) is 6.54 Å². The van der Waals surface area contributed by atoms with Crippen molar-refractivity contribution in [3.63, 3.8) is 0 Å². The molecule has 122 valence electrons. The predicted molar refractivity (Wildman–Crippen MR) is 90.4 cm³/mol. The number of hydrogen-bond donors (Lipinski definition) is 1. The molecular weight excluding hydrogens is 274 g/mol. The number of likely N-dealkylation sites (tertiary alicyclic amines) is 1. The van der Waals surface area contributed by atoms with Crippen molar-refractivity contribution in [2.24, 2.45) is 0 Å². The minimum absolute atomic E-state index is 0.151. The molecule has 1 aliphatic heterocycles. The highest BCUT2D eigenvalue weighted by Crippen LogP contribution is 2.28. The Morgan fingerprint density at radius 1 is 1.36 bits per heavy atom. The summed E-state index contributed by atoms with van der Waals surface area (Å²) in [6.45, 7) is 11.7. The van der Waals surface area contributed by atoms with Crippen molar-refractivity contribution < 1.29 is 9.90 Å². The van der Waals surface area contributed by atoms with Gasteiger partial charge >= 0.3 is 0 Å². The van der Waals surface area contributed by atoms with E-state index in [1.54, 1.807) is 6.92 Å². The fourth-order valence-corrected chi connectivity index (χ4v) is 3.98. The molecule has 0 aliphatic carbocycles. The quantitative estimate of drug-likeness (QED) is 0.846. The third-order valence-corrected chi connectivity index (χ3v) is 4.96. The molecule has 1 fully saturated rings. The molecule has 0 aromatic heterocycles. The second-order valence-electron chi connectivity index (χ2n) is 6.90. The van der Waals surface area contributed by atoms with Crippen molar-refractivity contribution in [1.82, 2.24) is 4.90 Å². The van der Waals surface area contributed by atoms with Gasteiger partial charge in [-0.1, -0.05) is 6.07 Å². The van der Waals surface area contributed by atoms with Crippen molar-refractivity contribution in [3.8, 4) is 0 Å². The van der Waals surface area contributed by atoms with Crippen molar-refractivity contribution in [2.45, 2.75) is 72.6 Å². The van der Waals surface area contributed by atoms with Crippen LogP contribution in [0.4, 0.5) is 0 Å². The van der Waals surface area contributed by atoms with Gasteiger partial charge in [-0.05, 0) is 82.7 Å². The number of aliphatic hydroxyl groups is 1. The topological polar surface area (TPSA) is 40.5 Å². The highest BCUT2D eigenvalue weighted by atomic mass is 16.3. The van der Waals surface area contributed by atoms with Crippen LogP contribution in [0.1, 0.15) is 65.7 Å². The van der Waals surface area contributed by atoms with Crippen LogP contribution in [0.2, 0.25) is 0 Å². The number of hydrogen-bond acceptors (Lipinski definition) is 3. The van der Waals surface area contributed by atoms with E-state index in [0.717, 1.165) is 42.6 Å². The number of carbonyl (C=O) groups is 1. The number of aliphatic hydroxyl groups excluding tert-OH is 1. The van der Waals surface area contributed by atoms with Crippen molar-refractivity contribution in [3.05, 3.63) is 33.9 Å². The number of rotatable bonds is 5. The minimum atomic E-state index is -0.251. The van der Waals surface area contributed by atoms with Gasteiger partial charge in [0.25, 0.3) is 0 Å². The lowest BCUT2D eigenvalue weighted by Crippen LogP contribution is -2.32. The largest absolute Gasteiger partial charge is 0.393 e. The average molecular weight is 303 g/mol. The molecule has 2 unspecified atom stereocenters. The monoisotopic (exact) mass is 303 g/mol. The molecule has 1 heterocycles. The van der Waals surface area contributed by atoms with E-state index < -0.39 is 0 Å². The first-order chi connectivity index (χ1) is 10.3. The van der Waals surface area contributed by atoms with E-state index in [1.807, 2.05) is 13.8 Å². The van der Waals surface area contributed by atoms with Gasteiger partial charge < -0.3 is 5.11 Å². The van der Waals surface area contributed by atoms with Gasteiger partial charge in [-0.25, -0.2) is 0 Å². The Labute approximate surface area is 134 Å². The molecule has 3 nitrogen and oxygen atoms in total. The molecule has 1 aromatic carbocycles. The minimum Gasteiger partial charge on any atom is -0.393 e. The van der Waals surface area contributed by atoms with Gasteiger partial charge in [-0.15, -0.1) is 0 Å². The van der Waals surface area contributed by atoms with Gasteiger partial charge in [0.2, 0.25) is 0 Å². The van der Waals surface area contributed by atoms with Crippen LogP contribution in [0.5, 0.6) is 0 Å². The predicted octanol–water partition coefficient (Wildman–Crippen LogP) is 3.55. The molecule has 0 spiro atoms. The number of aryl methyl sites for hydroxylation is 2. The highest BCUT2D eigenvalue weighted by molar-refractivity contribution is 5.97. The molecule has 0 saturated carbocycles. The highest BCUT2D eigenvalue weighted by Gasteiger charge is 2.27. The van der Waals surface area contributed by atoms with Crippen LogP contribution < -0.4 is 0 Å². The molecule has 3 heteroatoms. The summed E-state index contributed by atoms with van der Waals surface area (Å²) in [4.78, 5) is 14.4. The van der Waals surface area contributed by atoms with Gasteiger partial charge in [-0.2, -0.15) is 0 Å². The van der Waals surface area contributed by atoms with Crippen LogP contribution in [0, 0.1) is 20.8 Å². The fourth-order valence-electron chi connectivity index (χ4n) is 3.98. The average Bonchev–Trinajstić information content (AvgIpc) is 2.80. The van der Waals surface area contributed by atoms with Crippen LogP contribution in [-0.4, -0.2) is 34.5 Å². The van der Waals surface area contributed by atoms with E-state index >= 15 is 0 Å². The van der Waals surface area contributed by atoms with Gasteiger partial charge in [0.1, 0.15) is 0 Å². The summed E-state index contributed by atoms with van der Waals surface area (Å²) in [7, 11) is 0. The van der Waals surface area contributed by atoms with E-state index in [-0.39, 0.29) is 11.9 Å². The normalized spacial score (nSPS) is 20.4. The Hall–Kier alpha value is -1.19. The van der Waals surface area contributed by atoms with Gasteiger partial charge in [0.05, 0.1) is 6.10 Å². The summed E-state index contributed by atoms with van der Waals surface area (Å²) < 4.78 is 0. The first kappa shape index (κ1) is 17.2. The summed E-state index contributed by atoms with van der Waals surface area (Å²) >= 11 is 0. The second-order valence-corrected chi connectivity index (χ2v) is 6.90. The maximum absolute atomic E-state index is 12.0. The molecule has 2 rings (SSSR count). The van der Waals surface area contributed by atoms with Crippen LogP contribution in [-0.2, 0) is 6.54 Å². The van der Waals surface area contributed by atoms with Crippen LogP contribution in [0.15, 0.2) is 6.07 Å². The Bertz CT molecular complexity index is 563. The molecule has 1 aromatic rings. The molecule has 2 atom stereocenters. The van der Waals surface area contributed by atoms with Crippen LogP contribution in [0.25, 0.3) is 0 Å². The standard InChI is InChI=1S/C19H29NO2/c1-12-9-13(2)19(16(5)22)15(4)18(12)11-20-8-6-7-17(20)10-14(3)21/h9,14,17,21H,6-8,10-11H2,1-5H3. The summed E-state index contributed by atoms with van der Waals surface area (Å²) in [6.07, 6.45) is 2.94. The summed E-state index contributed by atoms with van der Waals surface area (Å²) in [5.41, 5.74) is 5.64. The molecule has 0 radical (unpaired) electrons. The third kappa shape index (κ3) is 3.58. The van der Waals surface area contributed by atoms with E-state index in [0.29, 0.717) is 6.04 Å². The number of ketones is 1. The molecule has 0 amide bonds. The van der Waals surface area contributed by atoms with E-state index in [2.05, 4.69) is 24.8 Å². The van der Waals surface area contributed by atoms with Gasteiger partial charge in [0, 0.05) is 18.2 Å².